The number of carbonyl (C=O) groups is 3. The van der Waals surface area contributed by atoms with Crippen molar-refractivity contribution in [1.82, 2.24) is 0 Å². The molecule has 2 amide bonds. The molecule has 0 saturated carbocycles. The fourth-order valence-corrected chi connectivity index (χ4v) is 3.35. The molecular weight excluding hydrogens is 399 g/mol. The first-order valence-corrected chi connectivity index (χ1v) is 9.28. The Morgan fingerprint density at radius 1 is 1.00 bits per heavy atom. The second-order valence-corrected chi connectivity index (χ2v) is 7.02. The SMILES string of the molecule is O=C(Nc1ccc(F)c(Cl)c1)c1ccccc1NC(=O)[C@H]1CC=CC[C@H]1C(=O)O. The molecule has 3 rings (SSSR count). The maximum atomic E-state index is 13.3. The number of rotatable bonds is 5. The Balaban J connectivity index is 1.78. The molecule has 1 aliphatic carbocycles. The molecule has 1 aliphatic rings. The maximum absolute atomic E-state index is 13.3. The lowest BCUT2D eigenvalue weighted by molar-refractivity contribution is -0.146. The van der Waals surface area contributed by atoms with Crippen molar-refractivity contribution in [2.24, 2.45) is 11.8 Å². The van der Waals surface area contributed by atoms with Gasteiger partial charge in [-0.25, -0.2) is 4.39 Å². The van der Waals surface area contributed by atoms with E-state index in [0.29, 0.717) is 12.1 Å². The number of benzene rings is 2. The molecule has 2 atom stereocenters. The predicted molar refractivity (Wildman–Crippen MR) is 107 cm³/mol. The number of carboxylic acids is 1. The van der Waals surface area contributed by atoms with Gasteiger partial charge in [-0.2, -0.15) is 0 Å². The van der Waals surface area contributed by atoms with Gasteiger partial charge in [-0.1, -0.05) is 35.9 Å². The van der Waals surface area contributed by atoms with Crippen LogP contribution in [0, 0.1) is 17.7 Å². The number of allylic oxidation sites excluding steroid dienone is 2. The van der Waals surface area contributed by atoms with Crippen molar-refractivity contribution in [2.75, 3.05) is 10.6 Å². The van der Waals surface area contributed by atoms with Gasteiger partial charge in [0.1, 0.15) is 5.82 Å². The third-order valence-electron chi connectivity index (χ3n) is 4.69. The maximum Gasteiger partial charge on any atom is 0.307 e. The molecule has 3 N–H and O–H groups in total. The number of aliphatic carboxylic acids is 1. The number of para-hydroxylation sites is 1. The first-order valence-electron chi connectivity index (χ1n) is 8.91. The van der Waals surface area contributed by atoms with Gasteiger partial charge in [0.15, 0.2) is 0 Å². The van der Waals surface area contributed by atoms with Gasteiger partial charge >= 0.3 is 5.97 Å². The van der Waals surface area contributed by atoms with Crippen LogP contribution in [-0.2, 0) is 9.59 Å². The third kappa shape index (κ3) is 4.81. The van der Waals surface area contributed by atoms with E-state index in [1.807, 2.05) is 0 Å². The number of anilines is 2. The minimum atomic E-state index is -1.03. The number of nitrogens with one attached hydrogen (secondary N) is 2. The smallest absolute Gasteiger partial charge is 0.307 e. The van der Waals surface area contributed by atoms with E-state index < -0.39 is 35.4 Å². The van der Waals surface area contributed by atoms with Crippen LogP contribution >= 0.6 is 11.6 Å². The largest absolute Gasteiger partial charge is 0.481 e. The van der Waals surface area contributed by atoms with E-state index in [1.165, 1.54) is 18.2 Å². The summed E-state index contributed by atoms with van der Waals surface area (Å²) in [5.74, 6) is -4.18. The lowest BCUT2D eigenvalue weighted by Gasteiger charge is -2.24. The summed E-state index contributed by atoms with van der Waals surface area (Å²) in [6, 6.07) is 10.1. The molecule has 8 heteroatoms. The second-order valence-electron chi connectivity index (χ2n) is 6.61. The van der Waals surface area contributed by atoms with Crippen LogP contribution < -0.4 is 10.6 Å². The summed E-state index contributed by atoms with van der Waals surface area (Å²) in [6.45, 7) is 0. The van der Waals surface area contributed by atoms with E-state index in [-0.39, 0.29) is 22.7 Å². The minimum Gasteiger partial charge on any atom is -0.481 e. The van der Waals surface area contributed by atoms with Gasteiger partial charge in [-0.15, -0.1) is 0 Å². The fourth-order valence-electron chi connectivity index (χ4n) is 3.16. The average molecular weight is 417 g/mol. The van der Waals surface area contributed by atoms with Gasteiger partial charge in [-0.3, -0.25) is 14.4 Å². The number of halogens is 2. The van der Waals surface area contributed by atoms with E-state index in [2.05, 4.69) is 10.6 Å². The highest BCUT2D eigenvalue weighted by atomic mass is 35.5. The second kappa shape index (κ2) is 8.87. The first-order chi connectivity index (χ1) is 13.9. The zero-order valence-corrected chi connectivity index (χ0v) is 15.9. The molecule has 0 spiro atoms. The van der Waals surface area contributed by atoms with Gasteiger partial charge in [-0.05, 0) is 43.2 Å². The molecular formula is C21H18ClFN2O4. The quantitative estimate of drug-likeness (QED) is 0.632. The number of amides is 2. The standard InChI is InChI=1S/C21H18ClFN2O4/c22-16-11-12(9-10-17(16)23)24-20(27)15-7-3-4-8-18(15)25-19(26)13-5-1-2-6-14(13)21(28)29/h1-4,7-11,13-14H,5-6H2,(H,24,27)(H,25,26)(H,28,29)/t13-,14+/m0/s1. The number of carboxylic acid groups (broad SMARTS) is 1. The molecule has 0 heterocycles. The number of hydrogen-bond donors (Lipinski definition) is 3. The Hall–Kier alpha value is -3.19. The van der Waals surface area contributed by atoms with Crippen LogP contribution in [0.4, 0.5) is 15.8 Å². The first kappa shape index (κ1) is 20.5. The zero-order valence-electron chi connectivity index (χ0n) is 15.2. The van der Waals surface area contributed by atoms with Crippen LogP contribution in [0.1, 0.15) is 23.2 Å². The molecule has 0 radical (unpaired) electrons. The van der Waals surface area contributed by atoms with E-state index in [1.54, 1.807) is 30.4 Å². The Labute approximate surface area is 171 Å². The molecule has 150 valence electrons. The Kier molecular flexibility index (Phi) is 6.29. The highest BCUT2D eigenvalue weighted by molar-refractivity contribution is 6.31. The minimum absolute atomic E-state index is 0.130. The fraction of sp³-hybridized carbons (Fsp3) is 0.190. The van der Waals surface area contributed by atoms with Crippen molar-refractivity contribution in [3.05, 3.63) is 71.0 Å². The van der Waals surface area contributed by atoms with Crippen molar-refractivity contribution < 1.29 is 23.9 Å². The van der Waals surface area contributed by atoms with E-state index >= 15 is 0 Å². The summed E-state index contributed by atoms with van der Waals surface area (Å²) in [4.78, 5) is 36.8. The van der Waals surface area contributed by atoms with Gasteiger partial charge in [0.05, 0.1) is 28.1 Å². The summed E-state index contributed by atoms with van der Waals surface area (Å²) in [5.41, 5.74) is 0.729. The van der Waals surface area contributed by atoms with Crippen LogP contribution in [0.3, 0.4) is 0 Å². The van der Waals surface area contributed by atoms with Crippen LogP contribution in [-0.4, -0.2) is 22.9 Å². The Morgan fingerprint density at radius 3 is 2.38 bits per heavy atom. The Morgan fingerprint density at radius 2 is 1.69 bits per heavy atom. The summed E-state index contributed by atoms with van der Waals surface area (Å²) in [5, 5.41) is 14.5. The topological polar surface area (TPSA) is 95.5 Å². The molecule has 0 bridgehead atoms. The van der Waals surface area contributed by atoms with Crippen LogP contribution in [0.25, 0.3) is 0 Å². The van der Waals surface area contributed by atoms with Crippen molar-refractivity contribution in [3.63, 3.8) is 0 Å². The lowest BCUT2D eigenvalue weighted by Crippen LogP contribution is -2.35. The highest BCUT2D eigenvalue weighted by Gasteiger charge is 2.34. The zero-order chi connectivity index (χ0) is 21.0. The molecule has 0 aliphatic heterocycles. The number of hydrogen-bond acceptors (Lipinski definition) is 3. The summed E-state index contributed by atoms with van der Waals surface area (Å²) in [6.07, 6.45) is 4.12. The normalized spacial score (nSPS) is 18.1. The average Bonchev–Trinajstić information content (AvgIpc) is 2.71. The number of carbonyl (C=O) groups excluding carboxylic acids is 2. The molecule has 2 aromatic rings. The van der Waals surface area contributed by atoms with E-state index in [9.17, 15) is 23.9 Å². The molecule has 0 aromatic heterocycles. The molecule has 6 nitrogen and oxygen atoms in total. The monoisotopic (exact) mass is 416 g/mol. The van der Waals surface area contributed by atoms with Crippen LogP contribution in [0.5, 0.6) is 0 Å². The third-order valence-corrected chi connectivity index (χ3v) is 4.98. The van der Waals surface area contributed by atoms with Gasteiger partial charge in [0.2, 0.25) is 5.91 Å². The van der Waals surface area contributed by atoms with Crippen LogP contribution in [0.15, 0.2) is 54.6 Å². The molecule has 29 heavy (non-hydrogen) atoms. The van der Waals surface area contributed by atoms with Crippen molar-refractivity contribution >= 4 is 40.8 Å². The molecule has 2 aromatic carbocycles. The molecule has 0 saturated heterocycles. The summed E-state index contributed by atoms with van der Waals surface area (Å²) >= 11 is 5.73. The Bertz CT molecular complexity index is 992. The lowest BCUT2D eigenvalue weighted by atomic mass is 9.82. The van der Waals surface area contributed by atoms with Gasteiger partial charge < -0.3 is 15.7 Å². The predicted octanol–water partition coefficient (Wildman–Crippen LogP) is 4.34. The van der Waals surface area contributed by atoms with Crippen molar-refractivity contribution in [2.45, 2.75) is 12.8 Å². The van der Waals surface area contributed by atoms with Crippen LogP contribution in [0.2, 0.25) is 5.02 Å². The molecule has 0 fully saturated rings. The van der Waals surface area contributed by atoms with Gasteiger partial charge in [0.25, 0.3) is 5.91 Å². The van der Waals surface area contributed by atoms with E-state index in [0.717, 1.165) is 6.07 Å². The van der Waals surface area contributed by atoms with Gasteiger partial charge in [0, 0.05) is 5.69 Å². The van der Waals surface area contributed by atoms with Crippen molar-refractivity contribution in [3.8, 4) is 0 Å². The van der Waals surface area contributed by atoms with Crippen molar-refractivity contribution in [1.29, 1.82) is 0 Å². The van der Waals surface area contributed by atoms with E-state index in [4.69, 9.17) is 11.6 Å². The highest BCUT2D eigenvalue weighted by Crippen LogP contribution is 2.28. The summed E-state index contributed by atoms with van der Waals surface area (Å²) < 4.78 is 13.3. The summed E-state index contributed by atoms with van der Waals surface area (Å²) in [7, 11) is 0. The molecule has 0 unspecified atom stereocenters.